The van der Waals surface area contributed by atoms with Crippen molar-refractivity contribution < 1.29 is 39.0 Å². The lowest BCUT2D eigenvalue weighted by Gasteiger charge is -2.19. The topological polar surface area (TPSA) is 169 Å². The first-order valence-electron chi connectivity index (χ1n) is 10.4. The van der Waals surface area contributed by atoms with Crippen molar-refractivity contribution in [2.24, 2.45) is 5.92 Å². The monoisotopic (exact) mass is 461 g/mol. The van der Waals surface area contributed by atoms with E-state index in [-0.39, 0.29) is 36.7 Å². The second-order valence-electron chi connectivity index (χ2n) is 7.34. The maximum atomic E-state index is 12.4. The Morgan fingerprint density at radius 1 is 1.15 bits per heavy atom. The molecule has 0 unspecified atom stereocenters. The van der Waals surface area contributed by atoms with E-state index in [9.17, 15) is 29.5 Å². The summed E-state index contributed by atoms with van der Waals surface area (Å²) in [5, 5.41) is 33.6. The molecule has 0 radical (unpaired) electrons. The van der Waals surface area contributed by atoms with Gasteiger partial charge in [-0.15, -0.1) is 0 Å². The maximum absolute atomic E-state index is 12.4. The smallest absolute Gasteiger partial charge is 0.339 e. The molecule has 1 heterocycles. The molecule has 0 aliphatic rings. The Kier molecular flexibility index (Phi) is 9.43. The molecule has 0 saturated carbocycles. The fraction of sp³-hybridized carbons (Fsp3) is 0.364. The first-order valence-corrected chi connectivity index (χ1v) is 10.4. The van der Waals surface area contributed by atoms with Crippen molar-refractivity contribution in [2.75, 3.05) is 13.2 Å². The number of amides is 3. The molecule has 11 nitrogen and oxygen atoms in total. The van der Waals surface area contributed by atoms with Crippen LogP contribution in [-0.2, 0) is 9.59 Å². The van der Waals surface area contributed by atoms with E-state index in [4.69, 9.17) is 9.52 Å². The van der Waals surface area contributed by atoms with Gasteiger partial charge in [0.2, 0.25) is 12.3 Å². The molecule has 0 aliphatic carbocycles. The molecule has 0 fully saturated rings. The number of aromatic carboxylic acids is 1. The van der Waals surface area contributed by atoms with Crippen molar-refractivity contribution in [3.8, 4) is 17.1 Å². The number of phenols is 1. The lowest BCUT2D eigenvalue weighted by Crippen LogP contribution is -2.42. The summed E-state index contributed by atoms with van der Waals surface area (Å²) in [4.78, 5) is 46.6. The zero-order valence-electron chi connectivity index (χ0n) is 18.1. The SMILES string of the molecule is CCCCC[C@H](CN(O)C=O)C(=O)NCNC(=O)c1ccc(-c2ccc(O)c(C(=O)O)c2)o1. The lowest BCUT2D eigenvalue weighted by atomic mass is 10.0. The van der Waals surface area contributed by atoms with Crippen molar-refractivity contribution in [1.29, 1.82) is 0 Å². The summed E-state index contributed by atoms with van der Waals surface area (Å²) in [5.41, 5.74) is 0.0540. The van der Waals surface area contributed by atoms with E-state index in [1.165, 1.54) is 30.3 Å². The summed E-state index contributed by atoms with van der Waals surface area (Å²) in [7, 11) is 0. The first-order chi connectivity index (χ1) is 15.8. The van der Waals surface area contributed by atoms with Crippen LogP contribution in [0.4, 0.5) is 0 Å². The number of nitrogens with one attached hydrogen (secondary N) is 2. The van der Waals surface area contributed by atoms with Crippen LogP contribution in [0, 0.1) is 5.92 Å². The van der Waals surface area contributed by atoms with Gasteiger partial charge in [0.05, 0.1) is 19.1 Å². The summed E-state index contributed by atoms with van der Waals surface area (Å²) in [6.07, 6.45) is 3.31. The summed E-state index contributed by atoms with van der Waals surface area (Å²) in [5.74, 6) is -3.20. The van der Waals surface area contributed by atoms with Gasteiger partial charge in [-0.3, -0.25) is 19.6 Å². The summed E-state index contributed by atoms with van der Waals surface area (Å²) in [6, 6.07) is 6.75. The summed E-state index contributed by atoms with van der Waals surface area (Å²) in [6.45, 7) is 1.66. The molecule has 11 heteroatoms. The van der Waals surface area contributed by atoms with Crippen LogP contribution < -0.4 is 10.6 Å². The largest absolute Gasteiger partial charge is 0.507 e. The van der Waals surface area contributed by atoms with Gasteiger partial charge in [-0.25, -0.2) is 9.86 Å². The normalized spacial score (nSPS) is 11.5. The number of furan rings is 1. The van der Waals surface area contributed by atoms with Gasteiger partial charge in [-0.2, -0.15) is 0 Å². The molecule has 1 atom stereocenters. The quantitative estimate of drug-likeness (QED) is 0.0994. The molecule has 0 aliphatic heterocycles. The average molecular weight is 461 g/mol. The Morgan fingerprint density at radius 2 is 1.91 bits per heavy atom. The van der Waals surface area contributed by atoms with Gasteiger partial charge in [0.25, 0.3) is 5.91 Å². The van der Waals surface area contributed by atoms with Crippen molar-refractivity contribution in [2.45, 2.75) is 32.6 Å². The highest BCUT2D eigenvalue weighted by molar-refractivity contribution is 5.93. The molecule has 0 spiro atoms. The Morgan fingerprint density at radius 3 is 2.58 bits per heavy atom. The van der Waals surface area contributed by atoms with Gasteiger partial charge in [0, 0.05) is 5.56 Å². The van der Waals surface area contributed by atoms with Gasteiger partial charge in [-0.05, 0) is 36.8 Å². The Balaban J connectivity index is 1.94. The zero-order chi connectivity index (χ0) is 24.4. The molecule has 2 rings (SSSR count). The van der Waals surface area contributed by atoms with Gasteiger partial charge < -0.3 is 25.3 Å². The molecule has 1 aromatic carbocycles. The van der Waals surface area contributed by atoms with Crippen LogP contribution in [0.25, 0.3) is 11.3 Å². The van der Waals surface area contributed by atoms with Crippen molar-refractivity contribution in [3.63, 3.8) is 0 Å². The molecular formula is C22H27N3O8. The highest BCUT2D eigenvalue weighted by atomic mass is 16.5. The first kappa shape index (κ1) is 25.4. The number of hydroxylamine groups is 2. The fourth-order valence-corrected chi connectivity index (χ4v) is 3.13. The standard InChI is InChI=1S/C22H27N3O8/c1-2-3-4-5-15(11-25(32)13-26)20(28)23-12-24-21(29)19-9-8-18(33-19)14-6-7-17(27)16(10-14)22(30)31/h6-10,13,15,27,32H,2-5,11-12H2,1H3,(H,23,28)(H,24,29)(H,30,31)/t15-/m1/s1. The number of benzene rings is 1. The molecule has 2 aromatic rings. The number of hydrogen-bond donors (Lipinski definition) is 5. The average Bonchev–Trinajstić information content (AvgIpc) is 3.28. The Labute approximate surface area is 190 Å². The van der Waals surface area contributed by atoms with E-state index in [0.717, 1.165) is 19.3 Å². The molecule has 0 saturated heterocycles. The van der Waals surface area contributed by atoms with E-state index in [0.29, 0.717) is 17.0 Å². The molecule has 1 aromatic heterocycles. The van der Waals surface area contributed by atoms with E-state index in [2.05, 4.69) is 10.6 Å². The van der Waals surface area contributed by atoms with Crippen molar-refractivity contribution >= 4 is 24.2 Å². The third kappa shape index (κ3) is 7.35. The molecule has 3 amide bonds. The number of nitrogens with zero attached hydrogens (tertiary/aromatic N) is 1. The second kappa shape index (κ2) is 12.2. The molecule has 178 valence electrons. The Bertz CT molecular complexity index is 988. The van der Waals surface area contributed by atoms with E-state index < -0.39 is 29.5 Å². The second-order valence-corrected chi connectivity index (χ2v) is 7.34. The number of aromatic hydroxyl groups is 1. The summed E-state index contributed by atoms with van der Waals surface area (Å²) >= 11 is 0. The predicted molar refractivity (Wildman–Crippen MR) is 115 cm³/mol. The van der Waals surface area contributed by atoms with Crippen molar-refractivity contribution in [1.82, 2.24) is 15.7 Å². The molecule has 5 N–H and O–H groups in total. The number of hydrogen-bond acceptors (Lipinski definition) is 7. The van der Waals surface area contributed by atoms with Gasteiger partial charge >= 0.3 is 5.97 Å². The minimum absolute atomic E-state index is 0.0637. The van der Waals surface area contributed by atoms with Crippen LogP contribution in [0.5, 0.6) is 5.75 Å². The number of carboxylic acids is 1. The van der Waals surface area contributed by atoms with E-state index in [1.54, 1.807) is 0 Å². The van der Waals surface area contributed by atoms with Crippen LogP contribution in [0.3, 0.4) is 0 Å². The fourth-order valence-electron chi connectivity index (χ4n) is 3.13. The van der Waals surface area contributed by atoms with Crippen LogP contribution in [0.2, 0.25) is 0 Å². The number of carboxylic acid groups (broad SMARTS) is 1. The minimum atomic E-state index is -1.31. The van der Waals surface area contributed by atoms with Crippen LogP contribution in [0.1, 0.15) is 53.5 Å². The lowest BCUT2D eigenvalue weighted by molar-refractivity contribution is -0.154. The summed E-state index contributed by atoms with van der Waals surface area (Å²) < 4.78 is 5.47. The number of carbonyl (C=O) groups is 4. The number of rotatable bonds is 13. The molecular weight excluding hydrogens is 434 g/mol. The van der Waals surface area contributed by atoms with Gasteiger partial charge in [0.1, 0.15) is 17.1 Å². The van der Waals surface area contributed by atoms with Crippen LogP contribution in [-0.4, -0.2) is 57.9 Å². The highest BCUT2D eigenvalue weighted by Gasteiger charge is 2.21. The van der Waals surface area contributed by atoms with E-state index in [1.807, 2.05) is 6.92 Å². The molecule has 33 heavy (non-hydrogen) atoms. The van der Waals surface area contributed by atoms with Crippen LogP contribution >= 0.6 is 0 Å². The third-order valence-electron chi connectivity index (χ3n) is 4.91. The number of carbonyl (C=O) groups excluding carboxylic acids is 3. The molecule has 0 bridgehead atoms. The zero-order valence-corrected chi connectivity index (χ0v) is 18.1. The van der Waals surface area contributed by atoms with Crippen LogP contribution in [0.15, 0.2) is 34.7 Å². The Hall–Kier alpha value is -3.86. The van der Waals surface area contributed by atoms with E-state index >= 15 is 0 Å². The van der Waals surface area contributed by atoms with Gasteiger partial charge in [0.15, 0.2) is 5.76 Å². The number of unbranched alkanes of at least 4 members (excludes halogenated alkanes) is 2. The maximum Gasteiger partial charge on any atom is 0.339 e. The highest BCUT2D eigenvalue weighted by Crippen LogP contribution is 2.27. The minimum Gasteiger partial charge on any atom is -0.507 e. The van der Waals surface area contributed by atoms with Crippen molar-refractivity contribution in [3.05, 3.63) is 41.7 Å². The predicted octanol–water partition coefficient (Wildman–Crippen LogP) is 2.20. The van der Waals surface area contributed by atoms with Gasteiger partial charge in [-0.1, -0.05) is 26.2 Å². The third-order valence-corrected chi connectivity index (χ3v) is 4.91.